The van der Waals surface area contributed by atoms with Crippen LogP contribution in [0.1, 0.15) is 35.7 Å². The zero-order chi connectivity index (χ0) is 22.4. The molecule has 0 radical (unpaired) electrons. The number of nitrogens with zero attached hydrogens (tertiary/aromatic N) is 4. The van der Waals surface area contributed by atoms with E-state index in [0.29, 0.717) is 29.4 Å². The minimum Gasteiger partial charge on any atom is -0.381 e. The molecular weight excluding hydrogens is 417 g/mol. The summed E-state index contributed by atoms with van der Waals surface area (Å²) in [6, 6.07) is 4.83. The number of pyridine rings is 1. The van der Waals surface area contributed by atoms with Crippen LogP contribution < -0.4 is 21.5 Å². The lowest BCUT2D eigenvalue weighted by Crippen LogP contribution is -2.37. The molecule has 0 aliphatic heterocycles. The largest absolute Gasteiger partial charge is 0.381 e. The lowest BCUT2D eigenvalue weighted by atomic mass is 9.89. The number of anilines is 3. The molecule has 3 heterocycles. The molecule has 168 valence electrons. The van der Waals surface area contributed by atoms with E-state index in [-0.39, 0.29) is 23.3 Å². The van der Waals surface area contributed by atoms with Crippen LogP contribution in [0.2, 0.25) is 0 Å². The van der Waals surface area contributed by atoms with Gasteiger partial charge in [0, 0.05) is 38.9 Å². The summed E-state index contributed by atoms with van der Waals surface area (Å²) in [5.74, 6) is 0.519. The Morgan fingerprint density at radius 1 is 1.31 bits per heavy atom. The monoisotopic (exact) mass is 441 g/mol. The van der Waals surface area contributed by atoms with Crippen LogP contribution in [0.25, 0.3) is 5.65 Å². The van der Waals surface area contributed by atoms with Gasteiger partial charge in [-0.1, -0.05) is 0 Å². The molecule has 0 spiro atoms. The van der Waals surface area contributed by atoms with Crippen LogP contribution >= 0.6 is 0 Å². The maximum absolute atomic E-state index is 13.2. The lowest BCUT2D eigenvalue weighted by molar-refractivity contribution is 0.00522. The first-order valence-corrected chi connectivity index (χ1v) is 10.5. The van der Waals surface area contributed by atoms with Crippen LogP contribution in [-0.2, 0) is 4.74 Å². The van der Waals surface area contributed by atoms with Crippen LogP contribution in [-0.4, -0.2) is 57.5 Å². The summed E-state index contributed by atoms with van der Waals surface area (Å²) < 4.78 is 21.7. The number of rotatable bonds is 7. The molecule has 2 unspecified atom stereocenters. The van der Waals surface area contributed by atoms with Crippen molar-refractivity contribution < 1.29 is 13.9 Å². The Morgan fingerprint density at radius 3 is 2.78 bits per heavy atom. The predicted octanol–water partition coefficient (Wildman–Crippen LogP) is 1.87. The molecule has 2 aliphatic rings. The highest BCUT2D eigenvalue weighted by molar-refractivity contribution is 6.00. The molecular formula is C21H24FN7O3. The number of amides is 1. The van der Waals surface area contributed by atoms with Crippen molar-refractivity contribution in [2.24, 2.45) is 0 Å². The number of nitrogens with one attached hydrogen (secondary N) is 3. The maximum Gasteiger partial charge on any atom is 0.274 e. The third-order valence-corrected chi connectivity index (χ3v) is 6.04. The molecule has 2 atom stereocenters. The van der Waals surface area contributed by atoms with Gasteiger partial charge in [0.25, 0.3) is 11.5 Å². The van der Waals surface area contributed by atoms with Crippen LogP contribution in [0, 0.1) is 0 Å². The third kappa shape index (κ3) is 3.58. The first-order chi connectivity index (χ1) is 15.5. The van der Waals surface area contributed by atoms with Gasteiger partial charge in [0.2, 0.25) is 0 Å². The summed E-state index contributed by atoms with van der Waals surface area (Å²) in [6.07, 6.45) is 4.26. The lowest BCUT2D eigenvalue weighted by Gasteiger charge is -2.35. The Labute approximate surface area is 182 Å². The fraction of sp³-hybridized carbons (Fsp3) is 0.429. The van der Waals surface area contributed by atoms with Gasteiger partial charge in [-0.2, -0.15) is 9.61 Å². The molecule has 2 saturated carbocycles. The predicted molar refractivity (Wildman–Crippen MR) is 116 cm³/mol. The average Bonchev–Trinajstić information content (AvgIpc) is 3.27. The standard InChI is InChI=1S/C21H24FN7O3/c1-23-18-9-17(25-15-4-3-5-28(21(15)31)11-6-12(7-11)32-2)27-19-13(10-24-29(18)19)20(30)26-16-8-14(16)22/h3-5,9-12,14,16,23H,6-8H2,1-2H3,(H,25,27)(H,26,30)/t11-,12+,14?,16?. The number of aromatic nitrogens is 4. The van der Waals surface area contributed by atoms with Crippen LogP contribution in [0.15, 0.2) is 35.4 Å². The van der Waals surface area contributed by atoms with Gasteiger partial charge in [-0.05, 0) is 25.0 Å². The smallest absolute Gasteiger partial charge is 0.274 e. The fourth-order valence-corrected chi connectivity index (χ4v) is 3.91. The molecule has 5 rings (SSSR count). The summed E-state index contributed by atoms with van der Waals surface area (Å²) in [7, 11) is 3.39. The number of hydrogen-bond acceptors (Lipinski definition) is 7. The van der Waals surface area contributed by atoms with E-state index < -0.39 is 18.1 Å². The summed E-state index contributed by atoms with van der Waals surface area (Å²) >= 11 is 0. The SMILES string of the molecule is CNc1cc(Nc2cccn([C@H]3C[C@@H](OC)C3)c2=O)nc2c(C(=O)NC3CC3F)cnn12. The quantitative estimate of drug-likeness (QED) is 0.513. The van der Waals surface area contributed by atoms with Gasteiger partial charge in [-0.15, -0.1) is 0 Å². The average molecular weight is 441 g/mol. The van der Waals surface area contributed by atoms with E-state index in [0.717, 1.165) is 12.8 Å². The van der Waals surface area contributed by atoms with Crippen molar-refractivity contribution in [2.75, 3.05) is 24.8 Å². The van der Waals surface area contributed by atoms with Gasteiger partial charge in [0.15, 0.2) is 5.65 Å². The van der Waals surface area contributed by atoms with Crippen LogP contribution in [0.3, 0.4) is 0 Å². The Hall–Kier alpha value is -3.47. The van der Waals surface area contributed by atoms with Gasteiger partial charge >= 0.3 is 0 Å². The third-order valence-electron chi connectivity index (χ3n) is 6.04. The number of ether oxygens (including phenoxy) is 1. The molecule has 11 heteroatoms. The molecule has 0 saturated heterocycles. The summed E-state index contributed by atoms with van der Waals surface area (Å²) in [5.41, 5.74) is 0.742. The number of carbonyl (C=O) groups is 1. The van der Waals surface area contributed by atoms with E-state index in [2.05, 4.69) is 26.0 Å². The van der Waals surface area contributed by atoms with E-state index in [1.807, 2.05) is 6.07 Å². The Bertz CT molecular complexity index is 1230. The molecule has 2 fully saturated rings. The molecule has 0 bridgehead atoms. The van der Waals surface area contributed by atoms with E-state index in [9.17, 15) is 14.0 Å². The molecule has 3 aromatic rings. The van der Waals surface area contributed by atoms with Gasteiger partial charge in [0.05, 0.1) is 18.3 Å². The van der Waals surface area contributed by atoms with Crippen molar-refractivity contribution in [1.82, 2.24) is 24.5 Å². The van der Waals surface area contributed by atoms with Gasteiger partial charge in [0.1, 0.15) is 29.1 Å². The minimum absolute atomic E-state index is 0.101. The van der Waals surface area contributed by atoms with E-state index in [4.69, 9.17) is 4.74 Å². The van der Waals surface area contributed by atoms with Gasteiger partial charge < -0.3 is 25.3 Å². The van der Waals surface area contributed by atoms with Crippen LogP contribution in [0.4, 0.5) is 21.7 Å². The molecule has 1 amide bonds. The second kappa shape index (κ2) is 7.90. The highest BCUT2D eigenvalue weighted by Crippen LogP contribution is 2.33. The molecule has 3 aromatic heterocycles. The van der Waals surface area contributed by atoms with Crippen LogP contribution in [0.5, 0.6) is 0 Å². The van der Waals surface area contributed by atoms with Crippen molar-refractivity contribution >= 4 is 28.9 Å². The van der Waals surface area contributed by atoms with Gasteiger partial charge in [-0.3, -0.25) is 9.59 Å². The van der Waals surface area contributed by atoms with Crippen molar-refractivity contribution in [3.05, 3.63) is 46.5 Å². The number of alkyl halides is 1. The van der Waals surface area contributed by atoms with E-state index in [1.165, 1.54) is 10.7 Å². The van der Waals surface area contributed by atoms with Crippen molar-refractivity contribution in [3.63, 3.8) is 0 Å². The number of halogens is 1. The molecule has 10 nitrogen and oxygen atoms in total. The minimum atomic E-state index is -1.01. The highest BCUT2D eigenvalue weighted by atomic mass is 19.1. The number of hydrogen-bond donors (Lipinski definition) is 3. The molecule has 2 aliphatic carbocycles. The van der Waals surface area contributed by atoms with Crippen molar-refractivity contribution in [2.45, 2.75) is 43.6 Å². The van der Waals surface area contributed by atoms with E-state index >= 15 is 0 Å². The van der Waals surface area contributed by atoms with Crippen molar-refractivity contribution in [3.8, 4) is 0 Å². The Kier molecular flexibility index (Phi) is 5.04. The molecule has 0 aromatic carbocycles. The fourth-order valence-electron chi connectivity index (χ4n) is 3.91. The molecule has 3 N–H and O–H groups in total. The zero-order valence-corrected chi connectivity index (χ0v) is 17.7. The first kappa shape index (κ1) is 20.4. The second-order valence-electron chi connectivity index (χ2n) is 8.14. The summed E-state index contributed by atoms with van der Waals surface area (Å²) in [4.78, 5) is 30.1. The van der Waals surface area contributed by atoms with Gasteiger partial charge in [-0.25, -0.2) is 9.37 Å². The summed E-state index contributed by atoms with van der Waals surface area (Å²) in [6.45, 7) is 0. The maximum atomic E-state index is 13.2. The number of carbonyl (C=O) groups excluding carboxylic acids is 1. The van der Waals surface area contributed by atoms with E-state index in [1.54, 1.807) is 37.1 Å². The Morgan fingerprint density at radius 2 is 2.09 bits per heavy atom. The zero-order valence-electron chi connectivity index (χ0n) is 17.7. The Balaban J connectivity index is 1.45. The number of fused-ring (bicyclic) bond motifs is 1. The normalized spacial score (nSPS) is 24.1. The summed E-state index contributed by atoms with van der Waals surface area (Å²) in [5, 5.41) is 13.0. The van der Waals surface area contributed by atoms with Crippen molar-refractivity contribution in [1.29, 1.82) is 0 Å². The first-order valence-electron chi connectivity index (χ1n) is 10.5. The molecule has 32 heavy (non-hydrogen) atoms. The second-order valence-corrected chi connectivity index (χ2v) is 8.14. The topological polar surface area (TPSA) is 115 Å². The number of methoxy groups -OCH3 is 1. The highest BCUT2D eigenvalue weighted by Gasteiger charge is 2.39.